The van der Waals surface area contributed by atoms with E-state index >= 15 is 0 Å². The highest BCUT2D eigenvalue weighted by Crippen LogP contribution is 2.07. The summed E-state index contributed by atoms with van der Waals surface area (Å²) in [6.45, 7) is 0.441. The highest BCUT2D eigenvalue weighted by Gasteiger charge is 2.22. The van der Waals surface area contributed by atoms with E-state index < -0.39 is 12.1 Å². The predicted molar refractivity (Wildman–Crippen MR) is 75.7 cm³/mol. The predicted octanol–water partition coefficient (Wildman–Crippen LogP) is 1.44. The van der Waals surface area contributed by atoms with Gasteiger partial charge >= 0.3 is 5.97 Å². The Hall–Kier alpha value is -1.72. The summed E-state index contributed by atoms with van der Waals surface area (Å²) in [6, 6.07) is 8.85. The van der Waals surface area contributed by atoms with Gasteiger partial charge in [0.2, 0.25) is 0 Å². The molecule has 0 heterocycles. The largest absolute Gasteiger partial charge is 0.481 e. The molecular weight excluding hydrogens is 258 g/mol. The van der Waals surface area contributed by atoms with Crippen LogP contribution in [-0.4, -0.2) is 61.7 Å². The molecule has 1 atom stereocenters. The summed E-state index contributed by atoms with van der Waals surface area (Å²) >= 11 is 0. The van der Waals surface area contributed by atoms with E-state index in [2.05, 4.69) is 0 Å². The van der Waals surface area contributed by atoms with E-state index in [1.807, 2.05) is 27.2 Å². The number of carboxylic acid groups (broad SMARTS) is 1. The molecule has 0 spiro atoms. The van der Waals surface area contributed by atoms with Crippen LogP contribution in [0.25, 0.3) is 0 Å². The van der Waals surface area contributed by atoms with Crippen LogP contribution in [0.5, 0.6) is 0 Å². The van der Waals surface area contributed by atoms with E-state index in [0.29, 0.717) is 16.6 Å². The molecule has 1 aromatic carbocycles. The number of carbonyl (C=O) groups is 2. The Balaban J connectivity index is 2.57. The molecular formula is C15H22NO4+. The van der Waals surface area contributed by atoms with Crippen molar-refractivity contribution in [3.05, 3.63) is 35.9 Å². The molecule has 20 heavy (non-hydrogen) atoms. The average molecular weight is 280 g/mol. The highest BCUT2D eigenvalue weighted by atomic mass is 16.5. The van der Waals surface area contributed by atoms with Gasteiger partial charge in [0.1, 0.15) is 19.3 Å². The monoisotopic (exact) mass is 280 g/mol. The number of rotatable bonds is 8. The fraction of sp³-hybridized carbons (Fsp3) is 0.467. The smallest absolute Gasteiger partial charge is 0.306 e. The topological polar surface area (TPSA) is 63.6 Å². The van der Waals surface area contributed by atoms with Gasteiger partial charge in [-0.15, -0.1) is 0 Å². The number of carboxylic acids is 1. The number of hydrogen-bond donors (Lipinski definition) is 1. The van der Waals surface area contributed by atoms with E-state index in [0.717, 1.165) is 0 Å². The van der Waals surface area contributed by atoms with E-state index in [9.17, 15) is 9.59 Å². The number of nitrogens with zero attached hydrogens (tertiary/aromatic N) is 1. The van der Waals surface area contributed by atoms with Crippen molar-refractivity contribution in [3.8, 4) is 0 Å². The van der Waals surface area contributed by atoms with Crippen molar-refractivity contribution in [1.82, 2.24) is 0 Å². The van der Waals surface area contributed by atoms with Crippen LogP contribution in [-0.2, 0) is 9.53 Å². The fourth-order valence-electron chi connectivity index (χ4n) is 1.88. The number of benzene rings is 1. The van der Waals surface area contributed by atoms with Crippen molar-refractivity contribution in [1.29, 1.82) is 0 Å². The summed E-state index contributed by atoms with van der Waals surface area (Å²) in [5, 5.41) is 8.89. The van der Waals surface area contributed by atoms with E-state index in [4.69, 9.17) is 9.84 Å². The number of aliphatic carboxylic acids is 1. The summed E-state index contributed by atoms with van der Waals surface area (Å²) in [5.74, 6) is -1.06. The first kappa shape index (κ1) is 16.3. The molecule has 5 nitrogen and oxygen atoms in total. The zero-order valence-electron chi connectivity index (χ0n) is 12.2. The van der Waals surface area contributed by atoms with Gasteiger partial charge in [0.05, 0.1) is 27.6 Å². The van der Waals surface area contributed by atoms with Crippen LogP contribution < -0.4 is 0 Å². The zero-order chi connectivity index (χ0) is 15.2. The number of quaternary nitrogens is 1. The maximum atomic E-state index is 11.9. The lowest BCUT2D eigenvalue weighted by Crippen LogP contribution is -2.43. The first-order valence-electron chi connectivity index (χ1n) is 6.50. The second kappa shape index (κ2) is 7.17. The van der Waals surface area contributed by atoms with Gasteiger partial charge in [-0.25, -0.2) is 0 Å². The molecule has 1 N–H and O–H groups in total. The molecule has 1 rings (SSSR count). The Bertz CT molecular complexity index is 451. The third-order valence-electron chi connectivity index (χ3n) is 2.70. The first-order valence-corrected chi connectivity index (χ1v) is 6.50. The summed E-state index contributed by atoms with van der Waals surface area (Å²) in [6.07, 6.45) is -0.572. The molecule has 5 heteroatoms. The summed E-state index contributed by atoms with van der Waals surface area (Å²) < 4.78 is 6.08. The Morgan fingerprint density at radius 1 is 1.20 bits per heavy atom. The number of Topliss-reactive ketones (excluding diaryl/α,β-unsaturated/α-hetero) is 1. The maximum Gasteiger partial charge on any atom is 0.306 e. The number of ether oxygens (including phenoxy) is 1. The number of carbonyl (C=O) groups excluding carboxylic acids is 1. The van der Waals surface area contributed by atoms with Crippen LogP contribution in [0.1, 0.15) is 16.8 Å². The second-order valence-corrected chi connectivity index (χ2v) is 5.79. The Morgan fingerprint density at radius 3 is 2.30 bits per heavy atom. The van der Waals surface area contributed by atoms with Crippen LogP contribution in [0.3, 0.4) is 0 Å². The Labute approximate surface area is 119 Å². The molecule has 1 aromatic rings. The molecule has 0 radical (unpaired) electrons. The van der Waals surface area contributed by atoms with Crippen molar-refractivity contribution < 1.29 is 23.9 Å². The quantitative estimate of drug-likeness (QED) is 0.578. The number of likely N-dealkylation sites (N-methyl/N-ethyl adjacent to an activating group) is 1. The lowest BCUT2D eigenvalue weighted by molar-refractivity contribution is -0.873. The number of hydrogen-bond acceptors (Lipinski definition) is 3. The van der Waals surface area contributed by atoms with E-state index in [1.165, 1.54) is 0 Å². The second-order valence-electron chi connectivity index (χ2n) is 5.79. The van der Waals surface area contributed by atoms with E-state index in [1.54, 1.807) is 24.3 Å². The SMILES string of the molecule is C[N+](C)(C)C[C@H](CC(=O)O)OCC(=O)c1ccccc1. The molecule has 0 aliphatic carbocycles. The van der Waals surface area contributed by atoms with Gasteiger partial charge in [-0.2, -0.15) is 0 Å². The Morgan fingerprint density at radius 2 is 1.80 bits per heavy atom. The molecule has 110 valence electrons. The van der Waals surface area contributed by atoms with Crippen molar-refractivity contribution in [2.75, 3.05) is 34.3 Å². The lowest BCUT2D eigenvalue weighted by Gasteiger charge is -2.28. The standard InChI is InChI=1S/C15H21NO4/c1-16(2,3)10-13(9-15(18)19)20-11-14(17)12-7-5-4-6-8-12/h4-8,13H,9-11H2,1-3H3/p+1/t13-/m0/s1. The molecule has 0 aliphatic rings. The van der Waals surface area contributed by atoms with Gasteiger partial charge in [-0.05, 0) is 0 Å². The van der Waals surface area contributed by atoms with Crippen molar-refractivity contribution >= 4 is 11.8 Å². The minimum atomic E-state index is -0.921. The molecule has 0 amide bonds. The highest BCUT2D eigenvalue weighted by molar-refractivity contribution is 5.97. The van der Waals surface area contributed by atoms with Gasteiger partial charge < -0.3 is 14.3 Å². The fourth-order valence-corrected chi connectivity index (χ4v) is 1.88. The van der Waals surface area contributed by atoms with Gasteiger partial charge in [-0.3, -0.25) is 9.59 Å². The van der Waals surface area contributed by atoms with Gasteiger partial charge in [0, 0.05) is 5.56 Å². The molecule has 0 aliphatic heterocycles. The van der Waals surface area contributed by atoms with Crippen LogP contribution in [0.4, 0.5) is 0 Å². The molecule has 0 bridgehead atoms. The molecule has 0 fully saturated rings. The van der Waals surface area contributed by atoms with Crippen LogP contribution in [0.15, 0.2) is 30.3 Å². The zero-order valence-corrected chi connectivity index (χ0v) is 12.2. The maximum absolute atomic E-state index is 11.9. The Kier molecular flexibility index (Phi) is 5.85. The normalized spacial score (nSPS) is 12.9. The van der Waals surface area contributed by atoms with Crippen molar-refractivity contribution in [2.45, 2.75) is 12.5 Å². The molecule has 0 saturated heterocycles. The van der Waals surface area contributed by atoms with Crippen molar-refractivity contribution in [3.63, 3.8) is 0 Å². The summed E-state index contributed by atoms with van der Waals surface area (Å²) in [4.78, 5) is 22.8. The van der Waals surface area contributed by atoms with Crippen LogP contribution in [0, 0.1) is 0 Å². The summed E-state index contributed by atoms with van der Waals surface area (Å²) in [5.41, 5.74) is 0.576. The minimum absolute atomic E-state index is 0.0953. The number of ketones is 1. The van der Waals surface area contributed by atoms with Crippen LogP contribution >= 0.6 is 0 Å². The third-order valence-corrected chi connectivity index (χ3v) is 2.70. The third kappa shape index (κ3) is 6.45. The molecule has 0 saturated carbocycles. The van der Waals surface area contributed by atoms with Gasteiger partial charge in [0.15, 0.2) is 5.78 Å². The van der Waals surface area contributed by atoms with Gasteiger partial charge in [0.25, 0.3) is 0 Å². The first-order chi connectivity index (χ1) is 9.28. The summed E-state index contributed by atoms with van der Waals surface area (Å²) in [7, 11) is 5.87. The molecule has 0 unspecified atom stereocenters. The van der Waals surface area contributed by atoms with E-state index in [-0.39, 0.29) is 18.8 Å². The van der Waals surface area contributed by atoms with Crippen LogP contribution in [0.2, 0.25) is 0 Å². The molecule has 0 aromatic heterocycles. The lowest BCUT2D eigenvalue weighted by atomic mass is 10.1. The van der Waals surface area contributed by atoms with Crippen molar-refractivity contribution in [2.24, 2.45) is 0 Å². The van der Waals surface area contributed by atoms with Gasteiger partial charge in [-0.1, -0.05) is 30.3 Å². The average Bonchev–Trinajstić information content (AvgIpc) is 2.34. The minimum Gasteiger partial charge on any atom is -0.481 e.